The molecule has 6 nitrogen and oxygen atoms in total. The molecule has 0 spiro atoms. The Labute approximate surface area is 212 Å². The van der Waals surface area contributed by atoms with E-state index in [1.54, 1.807) is 0 Å². The van der Waals surface area contributed by atoms with E-state index >= 15 is 0 Å². The number of unbranched alkanes of at least 4 members (excludes halogenated alkanes) is 5. The average Bonchev–Trinajstić information content (AvgIpc) is 2.77. The lowest BCUT2D eigenvalue weighted by Gasteiger charge is -2.25. The topological polar surface area (TPSA) is 73.5 Å². The predicted molar refractivity (Wildman–Crippen MR) is 149 cm³/mol. The molecule has 0 fully saturated rings. The van der Waals surface area contributed by atoms with Crippen molar-refractivity contribution < 1.29 is 9.59 Å². The predicted octanol–water partition coefficient (Wildman–Crippen LogP) is 6.87. The number of anilines is 2. The number of nitrogens with zero attached hydrogens (tertiary/aromatic N) is 1. The molecule has 2 aromatic carbocycles. The van der Waals surface area contributed by atoms with Crippen LogP contribution in [-0.2, 0) is 4.79 Å². The molecule has 2 rings (SSSR count). The Bertz CT molecular complexity index is 916. The van der Waals surface area contributed by atoms with Crippen molar-refractivity contribution in [2.45, 2.75) is 73.1 Å². The Morgan fingerprint density at radius 3 is 1.94 bits per heavy atom. The minimum Gasteiger partial charge on any atom is -0.338 e. The van der Waals surface area contributed by atoms with Gasteiger partial charge in [-0.3, -0.25) is 9.69 Å². The summed E-state index contributed by atoms with van der Waals surface area (Å²) in [7, 11) is 0. The maximum atomic E-state index is 12.7. The summed E-state index contributed by atoms with van der Waals surface area (Å²) in [4.78, 5) is 27.2. The number of rotatable bonds is 15. The van der Waals surface area contributed by atoms with Crippen LogP contribution in [0.2, 0.25) is 0 Å². The van der Waals surface area contributed by atoms with Crippen LogP contribution < -0.4 is 16.0 Å². The lowest BCUT2D eigenvalue weighted by molar-refractivity contribution is -0.117. The molecule has 0 aliphatic carbocycles. The van der Waals surface area contributed by atoms with Crippen LogP contribution in [0, 0.1) is 11.8 Å². The SMILES string of the molecule is CCCCCCCCNC(=O)Nc1ccc2ccc(NC(=O)CN(CC(C)C)CC(C)C)cc2c1. The van der Waals surface area contributed by atoms with E-state index in [1.165, 1.54) is 25.7 Å². The summed E-state index contributed by atoms with van der Waals surface area (Å²) < 4.78 is 0. The minimum absolute atomic E-state index is 0.00555. The van der Waals surface area contributed by atoms with Crippen molar-refractivity contribution in [3.8, 4) is 0 Å². The van der Waals surface area contributed by atoms with Crippen LogP contribution in [0.4, 0.5) is 16.2 Å². The molecule has 0 aliphatic heterocycles. The number of hydrogen-bond acceptors (Lipinski definition) is 3. The summed E-state index contributed by atoms with van der Waals surface area (Å²) in [6.45, 7) is 13.8. The van der Waals surface area contributed by atoms with E-state index in [1.807, 2.05) is 36.4 Å². The van der Waals surface area contributed by atoms with Crippen LogP contribution in [0.25, 0.3) is 10.8 Å². The maximum absolute atomic E-state index is 12.7. The van der Waals surface area contributed by atoms with Gasteiger partial charge in [0.15, 0.2) is 0 Å². The first kappa shape index (κ1) is 28.6. The number of hydrogen-bond donors (Lipinski definition) is 3. The summed E-state index contributed by atoms with van der Waals surface area (Å²) >= 11 is 0. The van der Waals surface area contributed by atoms with Crippen molar-refractivity contribution in [1.29, 1.82) is 0 Å². The summed E-state index contributed by atoms with van der Waals surface area (Å²) in [5, 5.41) is 10.9. The molecule has 194 valence electrons. The molecule has 3 N–H and O–H groups in total. The highest BCUT2D eigenvalue weighted by atomic mass is 16.2. The molecule has 0 saturated carbocycles. The van der Waals surface area contributed by atoms with Gasteiger partial charge in [-0.2, -0.15) is 0 Å². The normalized spacial score (nSPS) is 11.4. The standard InChI is InChI=1S/C29H46N4O2/c1-6-7-8-9-10-11-16-30-29(35)32-27-15-13-24-12-14-26(17-25(24)18-27)31-28(34)21-33(19-22(2)3)20-23(4)5/h12-15,17-18,22-23H,6-11,16,19-21H2,1-5H3,(H,31,34)(H2,30,32,35). The van der Waals surface area contributed by atoms with E-state index in [4.69, 9.17) is 0 Å². The van der Waals surface area contributed by atoms with Gasteiger partial charge in [0, 0.05) is 31.0 Å². The van der Waals surface area contributed by atoms with Crippen molar-refractivity contribution in [1.82, 2.24) is 10.2 Å². The highest BCUT2D eigenvalue weighted by molar-refractivity contribution is 5.97. The van der Waals surface area contributed by atoms with E-state index in [-0.39, 0.29) is 11.9 Å². The van der Waals surface area contributed by atoms with E-state index < -0.39 is 0 Å². The van der Waals surface area contributed by atoms with Crippen molar-refractivity contribution in [3.63, 3.8) is 0 Å². The quantitative estimate of drug-likeness (QED) is 0.242. The third-order valence-electron chi connectivity index (χ3n) is 5.81. The van der Waals surface area contributed by atoms with Gasteiger partial charge in [-0.05, 0) is 53.3 Å². The molecule has 0 radical (unpaired) electrons. The number of benzene rings is 2. The minimum atomic E-state index is -0.183. The fraction of sp³-hybridized carbons (Fsp3) is 0.586. The number of urea groups is 1. The summed E-state index contributed by atoms with van der Waals surface area (Å²) in [5.74, 6) is 1.02. The van der Waals surface area contributed by atoms with Crippen LogP contribution in [0.5, 0.6) is 0 Å². The van der Waals surface area contributed by atoms with Gasteiger partial charge in [-0.1, -0.05) is 78.9 Å². The van der Waals surface area contributed by atoms with E-state index in [0.717, 1.165) is 48.1 Å². The van der Waals surface area contributed by atoms with Gasteiger partial charge in [0.05, 0.1) is 6.54 Å². The van der Waals surface area contributed by atoms with Gasteiger partial charge in [0.2, 0.25) is 5.91 Å². The summed E-state index contributed by atoms with van der Waals surface area (Å²) in [6, 6.07) is 11.5. The van der Waals surface area contributed by atoms with E-state index in [0.29, 0.717) is 24.9 Å². The van der Waals surface area contributed by atoms with Crippen molar-refractivity contribution >= 4 is 34.1 Å². The first-order valence-corrected chi connectivity index (χ1v) is 13.4. The van der Waals surface area contributed by atoms with Crippen LogP contribution in [-0.4, -0.2) is 43.0 Å². The van der Waals surface area contributed by atoms with Crippen molar-refractivity contribution in [3.05, 3.63) is 36.4 Å². The summed E-state index contributed by atoms with van der Waals surface area (Å²) in [5.41, 5.74) is 1.50. The molecule has 3 amide bonds. The first-order chi connectivity index (χ1) is 16.8. The lowest BCUT2D eigenvalue weighted by Crippen LogP contribution is -2.38. The zero-order valence-corrected chi connectivity index (χ0v) is 22.5. The van der Waals surface area contributed by atoms with Crippen LogP contribution >= 0.6 is 0 Å². The molecule has 0 heterocycles. The molecule has 0 bridgehead atoms. The molecule has 0 atom stereocenters. The lowest BCUT2D eigenvalue weighted by atomic mass is 10.1. The molecule has 0 aliphatic rings. The largest absolute Gasteiger partial charge is 0.338 e. The Morgan fingerprint density at radius 2 is 1.34 bits per heavy atom. The van der Waals surface area contributed by atoms with Gasteiger partial charge in [-0.25, -0.2) is 4.79 Å². The number of fused-ring (bicyclic) bond motifs is 1. The van der Waals surface area contributed by atoms with E-state index in [2.05, 4.69) is 55.5 Å². The third kappa shape index (κ3) is 11.6. The van der Waals surface area contributed by atoms with Gasteiger partial charge in [0.1, 0.15) is 0 Å². The van der Waals surface area contributed by atoms with Crippen LogP contribution in [0.15, 0.2) is 36.4 Å². The van der Waals surface area contributed by atoms with E-state index in [9.17, 15) is 9.59 Å². The Hall–Kier alpha value is -2.60. The number of amides is 3. The monoisotopic (exact) mass is 482 g/mol. The van der Waals surface area contributed by atoms with Crippen LogP contribution in [0.3, 0.4) is 0 Å². The molecule has 2 aromatic rings. The Morgan fingerprint density at radius 1 is 0.771 bits per heavy atom. The number of carbonyl (C=O) groups excluding carboxylic acids is 2. The molecule has 35 heavy (non-hydrogen) atoms. The van der Waals surface area contributed by atoms with Crippen molar-refractivity contribution in [2.75, 3.05) is 36.8 Å². The molecular formula is C29H46N4O2. The highest BCUT2D eigenvalue weighted by Gasteiger charge is 2.14. The zero-order valence-electron chi connectivity index (χ0n) is 22.5. The Kier molecular flexibility index (Phi) is 12.6. The van der Waals surface area contributed by atoms with Gasteiger partial charge < -0.3 is 16.0 Å². The number of nitrogens with one attached hydrogen (secondary N) is 3. The zero-order chi connectivity index (χ0) is 25.6. The second-order valence-corrected chi connectivity index (χ2v) is 10.5. The maximum Gasteiger partial charge on any atom is 0.319 e. The molecular weight excluding hydrogens is 436 g/mol. The fourth-order valence-electron chi connectivity index (χ4n) is 4.32. The van der Waals surface area contributed by atoms with Gasteiger partial charge in [-0.15, -0.1) is 0 Å². The highest BCUT2D eigenvalue weighted by Crippen LogP contribution is 2.23. The molecule has 6 heteroatoms. The Balaban J connectivity index is 1.90. The fourth-order valence-corrected chi connectivity index (χ4v) is 4.32. The van der Waals surface area contributed by atoms with Gasteiger partial charge in [0.25, 0.3) is 0 Å². The number of carbonyl (C=O) groups is 2. The molecule has 0 saturated heterocycles. The second kappa shape index (κ2) is 15.4. The first-order valence-electron chi connectivity index (χ1n) is 13.4. The average molecular weight is 483 g/mol. The third-order valence-corrected chi connectivity index (χ3v) is 5.81. The molecule has 0 unspecified atom stereocenters. The second-order valence-electron chi connectivity index (χ2n) is 10.5. The van der Waals surface area contributed by atoms with Crippen LogP contribution in [0.1, 0.15) is 73.1 Å². The van der Waals surface area contributed by atoms with Crippen molar-refractivity contribution in [2.24, 2.45) is 11.8 Å². The molecule has 0 aromatic heterocycles. The smallest absolute Gasteiger partial charge is 0.319 e. The summed E-state index contributed by atoms with van der Waals surface area (Å²) in [6.07, 6.45) is 7.19. The van der Waals surface area contributed by atoms with Gasteiger partial charge >= 0.3 is 6.03 Å².